The number of nitrogens with zero attached hydrogens (tertiary/aromatic N) is 1. The van der Waals surface area contributed by atoms with Crippen molar-refractivity contribution in [3.05, 3.63) is 60.9 Å². The third-order valence-electron chi connectivity index (χ3n) is 2.12. The zero-order valence-corrected chi connectivity index (χ0v) is 8.80. The molecule has 0 aliphatic rings. The van der Waals surface area contributed by atoms with Gasteiger partial charge in [0.2, 0.25) is 0 Å². The lowest BCUT2D eigenvalue weighted by atomic mass is 10.2. The van der Waals surface area contributed by atoms with Gasteiger partial charge in [-0.05, 0) is 30.3 Å². The molecule has 80 valence electrons. The molecule has 1 aromatic carbocycles. The number of hydrogen-bond acceptors (Lipinski definition) is 2. The van der Waals surface area contributed by atoms with E-state index in [0.717, 1.165) is 10.9 Å². The van der Waals surface area contributed by atoms with E-state index in [4.69, 9.17) is 5.73 Å². The molecule has 3 rings (SSSR count). The number of hydrogen-bond donors (Lipinski definition) is 2. The van der Waals surface area contributed by atoms with E-state index >= 15 is 0 Å². The zero-order valence-electron chi connectivity index (χ0n) is 8.80. The molecule has 0 radical (unpaired) electrons. The van der Waals surface area contributed by atoms with Crippen LogP contribution < -0.4 is 5.73 Å². The summed E-state index contributed by atoms with van der Waals surface area (Å²) in [6.07, 6.45) is 3.75. The van der Waals surface area contributed by atoms with Crippen LogP contribution in [0.4, 0.5) is 5.82 Å². The molecule has 2 aromatic heterocycles. The largest absolute Gasteiger partial charge is 0.384 e. The lowest BCUT2D eigenvalue weighted by Gasteiger charge is -1.95. The number of rotatable bonds is 0. The summed E-state index contributed by atoms with van der Waals surface area (Å²) >= 11 is 0. The first kappa shape index (κ1) is 10.2. The SMILES string of the molecule is Nc1ccc2ccccc2n1.c1cc[nH]c1. The van der Waals surface area contributed by atoms with Crippen LogP contribution in [-0.4, -0.2) is 9.97 Å². The number of anilines is 1. The van der Waals surface area contributed by atoms with Crippen molar-refractivity contribution in [1.29, 1.82) is 0 Å². The van der Waals surface area contributed by atoms with Gasteiger partial charge >= 0.3 is 0 Å². The van der Waals surface area contributed by atoms with Crippen LogP contribution in [0.2, 0.25) is 0 Å². The van der Waals surface area contributed by atoms with Crippen molar-refractivity contribution < 1.29 is 0 Å². The van der Waals surface area contributed by atoms with Gasteiger partial charge in [0.05, 0.1) is 5.52 Å². The van der Waals surface area contributed by atoms with Crippen molar-refractivity contribution in [2.24, 2.45) is 0 Å². The van der Waals surface area contributed by atoms with E-state index in [1.54, 1.807) is 0 Å². The third-order valence-corrected chi connectivity index (χ3v) is 2.12. The highest BCUT2D eigenvalue weighted by Gasteiger charge is 1.91. The molecule has 0 saturated heterocycles. The van der Waals surface area contributed by atoms with Crippen LogP contribution in [0.25, 0.3) is 10.9 Å². The van der Waals surface area contributed by atoms with Gasteiger partial charge in [-0.3, -0.25) is 0 Å². The predicted molar refractivity (Wildman–Crippen MR) is 66.9 cm³/mol. The van der Waals surface area contributed by atoms with Crippen LogP contribution in [0.3, 0.4) is 0 Å². The fourth-order valence-electron chi connectivity index (χ4n) is 1.36. The highest BCUT2D eigenvalue weighted by molar-refractivity contribution is 5.79. The molecular weight excluding hydrogens is 198 g/mol. The molecule has 0 saturated carbocycles. The van der Waals surface area contributed by atoms with Crippen molar-refractivity contribution in [1.82, 2.24) is 9.97 Å². The fourth-order valence-corrected chi connectivity index (χ4v) is 1.36. The van der Waals surface area contributed by atoms with E-state index in [1.165, 1.54) is 0 Å². The van der Waals surface area contributed by atoms with Gasteiger partial charge in [-0.25, -0.2) is 4.98 Å². The highest BCUT2D eigenvalue weighted by Crippen LogP contribution is 2.11. The van der Waals surface area contributed by atoms with E-state index in [-0.39, 0.29) is 0 Å². The smallest absolute Gasteiger partial charge is 0.124 e. The maximum Gasteiger partial charge on any atom is 0.124 e. The molecule has 16 heavy (non-hydrogen) atoms. The minimum absolute atomic E-state index is 0.573. The second-order valence-corrected chi connectivity index (χ2v) is 3.31. The first-order valence-corrected chi connectivity index (χ1v) is 5.05. The Labute approximate surface area is 93.9 Å². The number of pyridine rings is 1. The average Bonchev–Trinajstić information content (AvgIpc) is 2.87. The molecule has 0 spiro atoms. The highest BCUT2D eigenvalue weighted by atomic mass is 14.8. The van der Waals surface area contributed by atoms with Gasteiger partial charge in [0.15, 0.2) is 0 Å². The normalized spacial score (nSPS) is 9.50. The second-order valence-electron chi connectivity index (χ2n) is 3.31. The number of nitrogens with two attached hydrogens (primary N) is 1. The van der Waals surface area contributed by atoms with Gasteiger partial charge in [0.1, 0.15) is 5.82 Å². The van der Waals surface area contributed by atoms with Gasteiger partial charge in [-0.15, -0.1) is 0 Å². The van der Waals surface area contributed by atoms with Crippen LogP contribution in [0.1, 0.15) is 0 Å². The van der Waals surface area contributed by atoms with Crippen LogP contribution in [0, 0.1) is 0 Å². The second kappa shape index (κ2) is 4.98. The first-order chi connectivity index (χ1) is 7.86. The molecule has 0 amide bonds. The Hall–Kier alpha value is -2.29. The van der Waals surface area contributed by atoms with Gasteiger partial charge in [0.25, 0.3) is 0 Å². The van der Waals surface area contributed by atoms with Gasteiger partial charge in [-0.2, -0.15) is 0 Å². The lowest BCUT2D eigenvalue weighted by molar-refractivity contribution is 1.41. The molecule has 3 nitrogen and oxygen atoms in total. The molecular formula is C13H13N3. The number of H-pyrrole nitrogens is 1. The number of aromatic nitrogens is 2. The fraction of sp³-hybridized carbons (Fsp3) is 0. The summed E-state index contributed by atoms with van der Waals surface area (Å²) in [5.41, 5.74) is 6.46. The minimum Gasteiger partial charge on any atom is -0.384 e. The van der Waals surface area contributed by atoms with E-state index in [0.29, 0.717) is 5.82 Å². The maximum absolute atomic E-state index is 5.51. The van der Waals surface area contributed by atoms with Crippen molar-refractivity contribution in [3.63, 3.8) is 0 Å². The molecule has 0 aliphatic heterocycles. The number of aromatic amines is 1. The molecule has 0 fully saturated rings. The summed E-state index contributed by atoms with van der Waals surface area (Å²) < 4.78 is 0. The topological polar surface area (TPSA) is 54.7 Å². The predicted octanol–water partition coefficient (Wildman–Crippen LogP) is 2.83. The Balaban J connectivity index is 0.000000162. The number of benzene rings is 1. The summed E-state index contributed by atoms with van der Waals surface area (Å²) in [5, 5.41) is 1.13. The van der Waals surface area contributed by atoms with Crippen LogP contribution in [-0.2, 0) is 0 Å². The summed E-state index contributed by atoms with van der Waals surface area (Å²) in [4.78, 5) is 7.01. The van der Waals surface area contributed by atoms with E-state index in [1.807, 2.05) is 60.9 Å². The number of fused-ring (bicyclic) bond motifs is 1. The summed E-state index contributed by atoms with van der Waals surface area (Å²) in [7, 11) is 0. The Morgan fingerprint density at radius 3 is 2.31 bits per heavy atom. The Bertz CT molecular complexity index is 527. The van der Waals surface area contributed by atoms with E-state index < -0.39 is 0 Å². The number of nitrogens with one attached hydrogen (secondary N) is 1. The van der Waals surface area contributed by atoms with Gasteiger partial charge in [-0.1, -0.05) is 18.2 Å². The molecule has 0 atom stereocenters. The van der Waals surface area contributed by atoms with Crippen LogP contribution in [0.15, 0.2) is 60.9 Å². The standard InChI is InChI=1S/C9H8N2.C4H5N/c10-9-6-5-7-3-1-2-4-8(7)11-9;1-2-4-5-3-1/h1-6H,(H2,10,11);1-5H. The molecule has 3 aromatic rings. The van der Waals surface area contributed by atoms with Crippen LogP contribution >= 0.6 is 0 Å². The van der Waals surface area contributed by atoms with Crippen molar-refractivity contribution >= 4 is 16.7 Å². The molecule has 0 bridgehead atoms. The molecule has 0 unspecified atom stereocenters. The summed E-state index contributed by atoms with van der Waals surface area (Å²) in [6, 6.07) is 15.6. The first-order valence-electron chi connectivity index (χ1n) is 5.05. The molecule has 3 heteroatoms. The van der Waals surface area contributed by atoms with Gasteiger partial charge in [0, 0.05) is 17.8 Å². The quantitative estimate of drug-likeness (QED) is 0.600. The maximum atomic E-state index is 5.51. The number of para-hydroxylation sites is 1. The Kier molecular flexibility index (Phi) is 3.18. The van der Waals surface area contributed by atoms with E-state index in [2.05, 4.69) is 9.97 Å². The van der Waals surface area contributed by atoms with Crippen molar-refractivity contribution in [2.75, 3.05) is 5.73 Å². The van der Waals surface area contributed by atoms with Crippen LogP contribution in [0.5, 0.6) is 0 Å². The number of nitrogen functional groups attached to an aromatic ring is 1. The minimum atomic E-state index is 0.573. The van der Waals surface area contributed by atoms with Crippen molar-refractivity contribution in [2.45, 2.75) is 0 Å². The Morgan fingerprint density at radius 2 is 1.62 bits per heavy atom. The van der Waals surface area contributed by atoms with E-state index in [9.17, 15) is 0 Å². The molecule has 0 aliphatic carbocycles. The third kappa shape index (κ3) is 2.60. The lowest BCUT2D eigenvalue weighted by Crippen LogP contribution is -1.88. The summed E-state index contributed by atoms with van der Waals surface area (Å²) in [6.45, 7) is 0. The molecule has 3 N–H and O–H groups in total. The average molecular weight is 211 g/mol. The van der Waals surface area contributed by atoms with Gasteiger partial charge < -0.3 is 10.7 Å². The monoisotopic (exact) mass is 211 g/mol. The summed E-state index contributed by atoms with van der Waals surface area (Å²) in [5.74, 6) is 0.573. The van der Waals surface area contributed by atoms with Crippen molar-refractivity contribution in [3.8, 4) is 0 Å². The zero-order chi connectivity index (χ0) is 11.2. The molecule has 2 heterocycles. The Morgan fingerprint density at radius 1 is 0.875 bits per heavy atom.